The number of nitrogens with two attached hydrogens (primary N) is 1. The highest BCUT2D eigenvalue weighted by molar-refractivity contribution is 7.69. The molecule has 0 aromatic carbocycles. The summed E-state index contributed by atoms with van der Waals surface area (Å²) in [5, 5.41) is 16.3. The molecule has 0 saturated heterocycles. The quantitative estimate of drug-likeness (QED) is 0.159. The highest BCUT2D eigenvalue weighted by atomic mass is 31.2. The van der Waals surface area contributed by atoms with Crippen LogP contribution in [0.5, 0.6) is 0 Å². The molecule has 1 atom stereocenters. The van der Waals surface area contributed by atoms with Crippen molar-refractivity contribution < 1.29 is 77.2 Å². The Morgan fingerprint density at radius 2 is 0.929 bits per heavy atom. The van der Waals surface area contributed by atoms with Crippen molar-refractivity contribution in [2.75, 3.05) is 11.8 Å². The molecule has 0 radical (unpaired) electrons. The molecule has 0 bridgehead atoms. The van der Waals surface area contributed by atoms with Gasteiger partial charge in [-0.2, -0.15) is 0 Å². The third-order valence-electron chi connectivity index (χ3n) is 1.72. The maximum atomic E-state index is 9.99. The molecule has 28 heavy (non-hydrogen) atoms. The van der Waals surface area contributed by atoms with Crippen LogP contribution in [0.25, 0.3) is 0 Å². The van der Waals surface area contributed by atoms with E-state index in [2.05, 4.69) is 0 Å². The second kappa shape index (κ2) is 12.9. The molecule has 0 aromatic heterocycles. The van der Waals surface area contributed by atoms with Crippen molar-refractivity contribution in [3.63, 3.8) is 0 Å². The second-order valence-electron chi connectivity index (χ2n) is 4.82. The molecule has 0 saturated carbocycles. The number of aliphatic carboxylic acids is 2. The van der Waals surface area contributed by atoms with Crippen LogP contribution in [0, 0.1) is 0 Å². The van der Waals surface area contributed by atoms with Gasteiger partial charge in [0.2, 0.25) is 0 Å². The summed E-state index contributed by atoms with van der Waals surface area (Å²) in [6.45, 7) is 0. The Kier molecular flexibility index (Phi) is 14.9. The van der Waals surface area contributed by atoms with Crippen molar-refractivity contribution in [1.82, 2.24) is 0 Å². The normalized spacial score (nSPS) is 13.3. The Balaban J connectivity index is -0.000000336. The first kappa shape index (κ1) is 32.2. The smallest absolute Gasteiger partial charge is 0.337 e. The second-order valence-corrected chi connectivity index (χ2v) is 12.4. The summed E-state index contributed by atoms with van der Waals surface area (Å²) in [6.07, 6.45) is -0.224. The summed E-state index contributed by atoms with van der Waals surface area (Å²) in [5.74, 6) is -4.95. The van der Waals surface area contributed by atoms with Crippen LogP contribution in [-0.4, -0.2) is 79.1 Å². The minimum atomic E-state index is -4.55. The lowest BCUT2D eigenvalue weighted by Gasteiger charge is -2.03. The molecular weight excluding hydrogens is 478 g/mol. The molecule has 0 heterocycles. The number of carboxylic acids is 2. The number of carboxylic acid groups (broad SMARTS) is 2. The van der Waals surface area contributed by atoms with Gasteiger partial charge in [0.15, 0.2) is 11.8 Å². The van der Waals surface area contributed by atoms with Crippen molar-refractivity contribution >= 4 is 42.3 Å². The lowest BCUT2D eigenvalue weighted by atomic mass is 10.2. The molecule has 0 aliphatic carbocycles. The monoisotopic (exact) mass is 499 g/mol. The molecule has 0 fully saturated rings. The van der Waals surface area contributed by atoms with Crippen LogP contribution >= 0.6 is 30.4 Å². The molecule has 0 spiro atoms. The molecule has 0 rings (SSSR count). The van der Waals surface area contributed by atoms with Crippen LogP contribution in [0.2, 0.25) is 0 Å². The number of hydrogen-bond donors (Lipinski definition) is 11. The van der Waals surface area contributed by atoms with Crippen LogP contribution in [0.15, 0.2) is 0 Å². The Hall–Kier alpha value is -0.500. The first-order chi connectivity index (χ1) is 12.0. The van der Waals surface area contributed by atoms with Gasteiger partial charge in [-0.15, -0.1) is 0 Å². The highest BCUT2D eigenvalue weighted by Gasteiger charge is 2.27. The number of hydrogen-bond acceptors (Lipinski definition) is 7. The molecular formula is C7H21NO16P4. The van der Waals surface area contributed by atoms with E-state index in [0.29, 0.717) is 0 Å². The average Bonchev–Trinajstić information content (AvgIpc) is 2.27. The summed E-state index contributed by atoms with van der Waals surface area (Å²) >= 11 is 0. The summed E-state index contributed by atoms with van der Waals surface area (Å²) in [7, 11) is -18.2. The van der Waals surface area contributed by atoms with Gasteiger partial charge in [-0.1, -0.05) is 0 Å². The largest absolute Gasteiger partial charge is 0.481 e. The van der Waals surface area contributed by atoms with Crippen molar-refractivity contribution in [3.05, 3.63) is 0 Å². The SMILES string of the molecule is N[C@@H](CCC(=O)O)C(=O)O.O=P(O)(O)CP(=O)(O)O.O=P(O)(O)CP(=O)(O)O. The van der Waals surface area contributed by atoms with Gasteiger partial charge in [0, 0.05) is 6.42 Å². The van der Waals surface area contributed by atoms with E-state index >= 15 is 0 Å². The zero-order valence-electron chi connectivity index (χ0n) is 13.7. The summed E-state index contributed by atoms with van der Waals surface area (Å²) in [4.78, 5) is 83.6. The van der Waals surface area contributed by atoms with Gasteiger partial charge < -0.3 is 55.1 Å². The first-order valence-corrected chi connectivity index (χ1v) is 13.5. The van der Waals surface area contributed by atoms with Crippen molar-refractivity contribution in [2.24, 2.45) is 5.73 Å². The maximum absolute atomic E-state index is 9.99. The summed E-state index contributed by atoms with van der Waals surface area (Å²) < 4.78 is 39.4. The summed E-state index contributed by atoms with van der Waals surface area (Å²) in [6, 6.07) is -1.06. The molecule has 12 N–H and O–H groups in total. The van der Waals surface area contributed by atoms with E-state index in [4.69, 9.17) is 55.1 Å². The molecule has 0 amide bonds. The van der Waals surface area contributed by atoms with Crippen molar-refractivity contribution in [2.45, 2.75) is 18.9 Å². The highest BCUT2D eigenvalue weighted by Crippen LogP contribution is 2.52. The molecule has 17 nitrogen and oxygen atoms in total. The van der Waals surface area contributed by atoms with Gasteiger partial charge in [0.05, 0.1) is 0 Å². The van der Waals surface area contributed by atoms with Crippen LogP contribution in [-0.2, 0) is 27.8 Å². The predicted molar refractivity (Wildman–Crippen MR) is 90.4 cm³/mol. The first-order valence-electron chi connectivity index (χ1n) is 6.33. The average molecular weight is 499 g/mol. The van der Waals surface area contributed by atoms with E-state index in [9.17, 15) is 27.8 Å². The van der Waals surface area contributed by atoms with Crippen LogP contribution in [0.4, 0.5) is 0 Å². The predicted octanol–water partition coefficient (Wildman–Crippen LogP) is -2.14. The van der Waals surface area contributed by atoms with Crippen LogP contribution < -0.4 is 5.73 Å². The van der Waals surface area contributed by atoms with E-state index in [1.54, 1.807) is 0 Å². The third kappa shape index (κ3) is 36.4. The Bertz CT molecular complexity index is 599. The van der Waals surface area contributed by atoms with E-state index in [0.717, 1.165) is 0 Å². The van der Waals surface area contributed by atoms with E-state index in [1.807, 2.05) is 0 Å². The molecule has 170 valence electrons. The Labute approximate surface area is 156 Å². The molecule has 21 heteroatoms. The Morgan fingerprint density at radius 3 is 1.04 bits per heavy atom. The fraction of sp³-hybridized carbons (Fsp3) is 0.714. The Morgan fingerprint density at radius 1 is 0.679 bits per heavy atom. The van der Waals surface area contributed by atoms with Crippen LogP contribution in [0.3, 0.4) is 0 Å². The lowest BCUT2D eigenvalue weighted by Crippen LogP contribution is -2.30. The van der Waals surface area contributed by atoms with Crippen molar-refractivity contribution in [1.29, 1.82) is 0 Å². The topological polar surface area (TPSA) is 331 Å². The molecule has 0 aliphatic rings. The van der Waals surface area contributed by atoms with Crippen LogP contribution in [0.1, 0.15) is 12.8 Å². The van der Waals surface area contributed by atoms with E-state index in [-0.39, 0.29) is 12.8 Å². The van der Waals surface area contributed by atoms with Crippen molar-refractivity contribution in [3.8, 4) is 0 Å². The van der Waals surface area contributed by atoms with Gasteiger partial charge in [-0.3, -0.25) is 27.8 Å². The lowest BCUT2D eigenvalue weighted by molar-refractivity contribution is -0.139. The minimum absolute atomic E-state index is 0.0231. The number of carbonyl (C=O) groups is 2. The van der Waals surface area contributed by atoms with Gasteiger partial charge in [-0.25, -0.2) is 0 Å². The van der Waals surface area contributed by atoms with Gasteiger partial charge >= 0.3 is 42.3 Å². The zero-order chi connectivity index (χ0) is 23.6. The molecule has 0 unspecified atom stereocenters. The van der Waals surface area contributed by atoms with Gasteiger partial charge in [0.1, 0.15) is 6.04 Å². The van der Waals surface area contributed by atoms with E-state index in [1.165, 1.54) is 0 Å². The maximum Gasteiger partial charge on any atom is 0.337 e. The van der Waals surface area contributed by atoms with E-state index < -0.39 is 60.2 Å². The number of rotatable bonds is 8. The summed E-state index contributed by atoms with van der Waals surface area (Å²) in [5.41, 5.74) is 5.00. The fourth-order valence-corrected chi connectivity index (χ4v) is 4.72. The third-order valence-corrected chi connectivity index (χ3v) is 7.62. The zero-order valence-corrected chi connectivity index (χ0v) is 17.3. The van der Waals surface area contributed by atoms with Gasteiger partial charge in [-0.05, 0) is 6.42 Å². The minimum Gasteiger partial charge on any atom is -0.481 e. The fourth-order valence-electron chi connectivity index (χ4n) is 0.882. The molecule has 0 aromatic rings. The van der Waals surface area contributed by atoms with Gasteiger partial charge in [0.25, 0.3) is 0 Å². The standard InChI is InChI=1S/C5H9NO4.2CH6O6P2/c6-3(5(9)10)1-2-4(7)8;2*2-8(3,4)1-9(5,6)7/h3H,1-2,6H2,(H,7,8)(H,9,10);2*1H2,(H2,2,3,4)(H2,5,6,7)/t3-;;/m0../s1. The molecule has 0 aliphatic heterocycles.